The molecule has 2 N–H and O–H groups in total. The number of alkyl halides is 2. The second-order valence-corrected chi connectivity index (χ2v) is 5.59. The van der Waals surface area contributed by atoms with Gasteiger partial charge >= 0.3 is 0 Å². The smallest absolute Gasteiger partial charge is 0.288 e. The predicted molar refractivity (Wildman–Crippen MR) is 72.5 cm³/mol. The molecule has 2 unspecified atom stereocenters. The van der Waals surface area contributed by atoms with Crippen LogP contribution in [0.1, 0.15) is 13.3 Å². The average Bonchev–Trinajstić information content (AvgIpc) is 2.77. The predicted octanol–water partition coefficient (Wildman–Crippen LogP) is 2.94. The Hall–Kier alpha value is -1.14. The molecule has 0 bridgehead atoms. The molecule has 0 saturated carbocycles. The number of anilines is 1. The third-order valence-corrected chi connectivity index (χ3v) is 3.96. The first-order valence-electron chi connectivity index (χ1n) is 6.16. The van der Waals surface area contributed by atoms with Gasteiger partial charge in [0.1, 0.15) is 0 Å². The molecule has 1 amide bonds. The largest absolute Gasteiger partial charge is 0.324 e. The molecule has 0 radical (unpaired) electrons. The minimum Gasteiger partial charge on any atom is -0.324 e. The number of halogens is 2. The summed E-state index contributed by atoms with van der Waals surface area (Å²) in [5, 5.41) is 5.85. The topological polar surface area (TPSA) is 41.1 Å². The van der Waals surface area contributed by atoms with Crippen molar-refractivity contribution < 1.29 is 13.6 Å². The van der Waals surface area contributed by atoms with E-state index >= 15 is 0 Å². The number of hydrogen-bond donors (Lipinski definition) is 2. The summed E-state index contributed by atoms with van der Waals surface area (Å²) in [6.07, 6.45) is 0.950. The Balaban J connectivity index is 2.08. The molecule has 19 heavy (non-hydrogen) atoms. The van der Waals surface area contributed by atoms with E-state index in [1.807, 2.05) is 6.92 Å². The lowest BCUT2D eigenvalue weighted by Crippen LogP contribution is -2.39. The first kappa shape index (κ1) is 14.3. The van der Waals surface area contributed by atoms with Gasteiger partial charge in [0.2, 0.25) is 5.91 Å². The molecule has 1 aromatic rings. The average molecular weight is 286 g/mol. The van der Waals surface area contributed by atoms with Gasteiger partial charge in [-0.05, 0) is 31.0 Å². The Kier molecular flexibility index (Phi) is 4.76. The van der Waals surface area contributed by atoms with Crippen LogP contribution in [-0.2, 0) is 4.79 Å². The van der Waals surface area contributed by atoms with Crippen LogP contribution in [0.15, 0.2) is 29.2 Å². The van der Waals surface area contributed by atoms with Crippen molar-refractivity contribution in [2.24, 2.45) is 5.92 Å². The first-order valence-corrected chi connectivity index (χ1v) is 7.04. The summed E-state index contributed by atoms with van der Waals surface area (Å²) in [5.74, 6) is -2.40. The maximum atomic E-state index is 12.4. The van der Waals surface area contributed by atoms with Gasteiger partial charge < -0.3 is 10.6 Å². The standard InChI is InChI=1S/C13H16F2N2OS/c1-8-6-7-16-11(8)12(18)17-9-4-2-3-5-10(9)19-13(14)15/h2-5,8,11,13,16H,6-7H2,1H3,(H,17,18). The number of carbonyl (C=O) groups excluding carboxylic acids is 1. The fourth-order valence-corrected chi connectivity index (χ4v) is 2.76. The molecule has 1 aliphatic heterocycles. The molecular formula is C13H16F2N2OS. The molecule has 1 heterocycles. The van der Waals surface area contributed by atoms with Gasteiger partial charge in [0.15, 0.2) is 0 Å². The van der Waals surface area contributed by atoms with E-state index in [4.69, 9.17) is 0 Å². The number of nitrogens with one attached hydrogen (secondary N) is 2. The first-order chi connectivity index (χ1) is 9.08. The summed E-state index contributed by atoms with van der Waals surface area (Å²) in [4.78, 5) is 12.5. The van der Waals surface area contributed by atoms with E-state index in [1.165, 1.54) is 0 Å². The molecule has 1 aromatic carbocycles. The Morgan fingerprint density at radius 3 is 2.84 bits per heavy atom. The lowest BCUT2D eigenvalue weighted by Gasteiger charge is -2.17. The zero-order valence-electron chi connectivity index (χ0n) is 10.5. The third-order valence-electron chi connectivity index (χ3n) is 3.18. The summed E-state index contributed by atoms with van der Waals surface area (Å²) in [6, 6.07) is 6.37. The highest BCUT2D eigenvalue weighted by Crippen LogP contribution is 2.32. The van der Waals surface area contributed by atoms with Gasteiger partial charge in [-0.15, -0.1) is 0 Å². The Bertz CT molecular complexity index is 456. The number of para-hydroxylation sites is 1. The van der Waals surface area contributed by atoms with Gasteiger partial charge in [-0.25, -0.2) is 0 Å². The van der Waals surface area contributed by atoms with Gasteiger partial charge in [0.25, 0.3) is 5.76 Å². The van der Waals surface area contributed by atoms with Gasteiger partial charge in [-0.2, -0.15) is 8.78 Å². The van der Waals surface area contributed by atoms with Crippen LogP contribution in [0.3, 0.4) is 0 Å². The molecular weight excluding hydrogens is 270 g/mol. The summed E-state index contributed by atoms with van der Waals surface area (Å²) in [5.41, 5.74) is 0.443. The van der Waals surface area contributed by atoms with Crippen LogP contribution in [0.2, 0.25) is 0 Å². The molecule has 2 rings (SSSR count). The number of rotatable bonds is 4. The number of amides is 1. The molecule has 1 saturated heterocycles. The Morgan fingerprint density at radius 1 is 1.47 bits per heavy atom. The van der Waals surface area contributed by atoms with Gasteiger partial charge in [-0.1, -0.05) is 30.8 Å². The highest BCUT2D eigenvalue weighted by molar-refractivity contribution is 7.99. The minimum atomic E-state index is -2.50. The van der Waals surface area contributed by atoms with Crippen molar-refractivity contribution in [3.63, 3.8) is 0 Å². The van der Waals surface area contributed by atoms with Crippen LogP contribution in [0, 0.1) is 5.92 Å². The van der Waals surface area contributed by atoms with Crippen molar-refractivity contribution in [3.05, 3.63) is 24.3 Å². The molecule has 1 aliphatic rings. The van der Waals surface area contributed by atoms with E-state index in [-0.39, 0.29) is 17.9 Å². The molecule has 0 aromatic heterocycles. The lowest BCUT2D eigenvalue weighted by molar-refractivity contribution is -0.118. The highest BCUT2D eigenvalue weighted by Gasteiger charge is 2.29. The van der Waals surface area contributed by atoms with Crippen LogP contribution in [0.25, 0.3) is 0 Å². The minimum absolute atomic E-state index is 0.160. The second kappa shape index (κ2) is 6.34. The second-order valence-electron chi connectivity index (χ2n) is 4.56. The zero-order chi connectivity index (χ0) is 13.8. The number of hydrogen-bond acceptors (Lipinski definition) is 3. The molecule has 6 heteroatoms. The van der Waals surface area contributed by atoms with Crippen LogP contribution in [-0.4, -0.2) is 24.3 Å². The molecule has 3 nitrogen and oxygen atoms in total. The van der Waals surface area contributed by atoms with E-state index < -0.39 is 5.76 Å². The molecule has 2 atom stereocenters. The van der Waals surface area contributed by atoms with Crippen LogP contribution < -0.4 is 10.6 Å². The van der Waals surface area contributed by atoms with Crippen molar-refractivity contribution in [1.82, 2.24) is 5.32 Å². The SMILES string of the molecule is CC1CCNC1C(=O)Nc1ccccc1SC(F)F. The fraction of sp³-hybridized carbons (Fsp3) is 0.462. The monoisotopic (exact) mass is 286 g/mol. The van der Waals surface area contributed by atoms with E-state index in [0.29, 0.717) is 22.3 Å². The van der Waals surface area contributed by atoms with E-state index in [1.54, 1.807) is 24.3 Å². The highest BCUT2D eigenvalue weighted by atomic mass is 32.2. The number of thioether (sulfide) groups is 1. The van der Waals surface area contributed by atoms with Gasteiger partial charge in [-0.3, -0.25) is 4.79 Å². The third kappa shape index (κ3) is 3.67. The maximum Gasteiger partial charge on any atom is 0.288 e. The lowest BCUT2D eigenvalue weighted by atomic mass is 10.0. The molecule has 0 spiro atoms. The molecule has 1 fully saturated rings. The van der Waals surface area contributed by atoms with E-state index in [0.717, 1.165) is 13.0 Å². The molecule has 0 aliphatic carbocycles. The number of benzene rings is 1. The summed E-state index contributed by atoms with van der Waals surface area (Å²) in [7, 11) is 0. The zero-order valence-corrected chi connectivity index (χ0v) is 11.3. The fourth-order valence-electron chi connectivity index (χ4n) is 2.16. The van der Waals surface area contributed by atoms with Crippen LogP contribution in [0.4, 0.5) is 14.5 Å². The van der Waals surface area contributed by atoms with Gasteiger partial charge in [0.05, 0.1) is 11.7 Å². The number of carbonyl (C=O) groups is 1. The van der Waals surface area contributed by atoms with Crippen LogP contribution >= 0.6 is 11.8 Å². The summed E-state index contributed by atoms with van der Waals surface area (Å²) in [6.45, 7) is 2.82. The Labute approximate surface area is 115 Å². The Morgan fingerprint density at radius 2 is 2.21 bits per heavy atom. The molecule has 104 valence electrons. The van der Waals surface area contributed by atoms with E-state index in [9.17, 15) is 13.6 Å². The maximum absolute atomic E-state index is 12.4. The summed E-state index contributed by atoms with van der Waals surface area (Å²) >= 11 is 0.442. The van der Waals surface area contributed by atoms with Crippen molar-refractivity contribution in [2.75, 3.05) is 11.9 Å². The van der Waals surface area contributed by atoms with E-state index in [2.05, 4.69) is 10.6 Å². The normalized spacial score (nSPS) is 22.7. The van der Waals surface area contributed by atoms with Crippen molar-refractivity contribution >= 4 is 23.4 Å². The quantitative estimate of drug-likeness (QED) is 0.836. The van der Waals surface area contributed by atoms with Crippen molar-refractivity contribution in [3.8, 4) is 0 Å². The van der Waals surface area contributed by atoms with Gasteiger partial charge in [0, 0.05) is 4.90 Å². The van der Waals surface area contributed by atoms with Crippen LogP contribution in [0.5, 0.6) is 0 Å². The van der Waals surface area contributed by atoms with Crippen molar-refractivity contribution in [1.29, 1.82) is 0 Å². The summed E-state index contributed by atoms with van der Waals surface area (Å²) < 4.78 is 24.9. The van der Waals surface area contributed by atoms with Crippen molar-refractivity contribution in [2.45, 2.75) is 30.0 Å².